The number of rotatable bonds is 7. The number of thioether (sulfide) groups is 1. The van der Waals surface area contributed by atoms with Crippen LogP contribution in [0.3, 0.4) is 0 Å². The molecule has 27 heavy (non-hydrogen) atoms. The average Bonchev–Trinajstić information content (AvgIpc) is 3.14. The lowest BCUT2D eigenvalue weighted by Gasteiger charge is -2.35. The maximum atomic E-state index is 12.7. The second-order valence-electron chi connectivity index (χ2n) is 6.57. The summed E-state index contributed by atoms with van der Waals surface area (Å²) in [5, 5.41) is 12.3. The van der Waals surface area contributed by atoms with Gasteiger partial charge in [0.25, 0.3) is 0 Å². The van der Waals surface area contributed by atoms with Gasteiger partial charge in [-0.2, -0.15) is 0 Å². The average molecular weight is 406 g/mol. The van der Waals surface area contributed by atoms with Gasteiger partial charge in [-0.15, -0.1) is 10.2 Å². The van der Waals surface area contributed by atoms with Crippen LogP contribution in [0.15, 0.2) is 28.6 Å². The maximum absolute atomic E-state index is 12.7. The fraction of sp³-hybridized carbons (Fsp3) is 0.526. The Bertz CT molecular complexity index is 741. The maximum Gasteiger partial charge on any atom is 0.235 e. The normalized spacial score (nSPS) is 16.3. The van der Waals surface area contributed by atoms with Crippen LogP contribution in [0, 0.1) is 0 Å². The summed E-state index contributed by atoms with van der Waals surface area (Å²) in [4.78, 5) is 17.0. The number of nitrogens with zero attached hydrogens (tertiary/aromatic N) is 4. The van der Waals surface area contributed by atoms with Gasteiger partial charge in [0.15, 0.2) is 4.34 Å². The number of aromatic nitrogens is 2. The minimum atomic E-state index is -0.150. The predicted octanol–water partition coefficient (Wildman–Crippen LogP) is 3.49. The van der Waals surface area contributed by atoms with Crippen molar-refractivity contribution in [2.24, 2.45) is 0 Å². The molecule has 1 N–H and O–H groups in total. The molecule has 3 rings (SSSR count). The van der Waals surface area contributed by atoms with Crippen LogP contribution in [0.1, 0.15) is 26.3 Å². The standard InChI is InChI=1S/C19H27N5OS2/c1-4-15-6-8-16(9-7-15)20-18-21-22-19(27-18)26-14(3)17(25)24-12-10-23(5-2)11-13-24/h6-9,14H,4-5,10-13H2,1-3H3,(H,20,21)/t14-/m1/s1. The Morgan fingerprint density at radius 1 is 1.19 bits per heavy atom. The van der Waals surface area contributed by atoms with E-state index in [2.05, 4.69) is 58.5 Å². The van der Waals surface area contributed by atoms with E-state index in [1.165, 1.54) is 28.7 Å². The summed E-state index contributed by atoms with van der Waals surface area (Å²) in [7, 11) is 0. The number of carbonyl (C=O) groups is 1. The zero-order valence-corrected chi connectivity index (χ0v) is 17.8. The molecule has 1 aliphatic heterocycles. The van der Waals surface area contributed by atoms with E-state index in [0.29, 0.717) is 0 Å². The van der Waals surface area contributed by atoms with Crippen LogP contribution < -0.4 is 5.32 Å². The minimum absolute atomic E-state index is 0.150. The minimum Gasteiger partial charge on any atom is -0.339 e. The van der Waals surface area contributed by atoms with Crippen molar-refractivity contribution in [2.45, 2.75) is 36.8 Å². The number of likely N-dealkylation sites (N-methyl/N-ethyl adjacent to an activating group) is 1. The molecule has 0 saturated carbocycles. The highest BCUT2D eigenvalue weighted by Gasteiger charge is 2.25. The van der Waals surface area contributed by atoms with E-state index in [9.17, 15) is 4.79 Å². The third kappa shape index (κ3) is 5.43. The predicted molar refractivity (Wildman–Crippen MR) is 113 cm³/mol. The first-order valence-corrected chi connectivity index (χ1v) is 11.2. The highest BCUT2D eigenvalue weighted by molar-refractivity contribution is 8.02. The zero-order valence-electron chi connectivity index (χ0n) is 16.1. The number of piperazine rings is 1. The van der Waals surface area contributed by atoms with E-state index >= 15 is 0 Å². The summed E-state index contributed by atoms with van der Waals surface area (Å²) >= 11 is 2.97. The molecule has 1 fully saturated rings. The van der Waals surface area contributed by atoms with Crippen LogP contribution in [0.25, 0.3) is 0 Å². The molecule has 0 unspecified atom stereocenters. The van der Waals surface area contributed by atoms with Gasteiger partial charge >= 0.3 is 0 Å². The molecular weight excluding hydrogens is 378 g/mol. The third-order valence-electron chi connectivity index (χ3n) is 4.78. The molecule has 0 spiro atoms. The van der Waals surface area contributed by atoms with Gasteiger partial charge in [-0.3, -0.25) is 4.79 Å². The van der Waals surface area contributed by atoms with E-state index in [1.807, 2.05) is 11.8 Å². The van der Waals surface area contributed by atoms with Crippen molar-refractivity contribution in [3.05, 3.63) is 29.8 Å². The summed E-state index contributed by atoms with van der Waals surface area (Å²) in [5.74, 6) is 0.190. The van der Waals surface area contributed by atoms with Gasteiger partial charge < -0.3 is 15.1 Å². The van der Waals surface area contributed by atoms with Crippen LogP contribution >= 0.6 is 23.1 Å². The summed E-state index contributed by atoms with van der Waals surface area (Å²) in [5.41, 5.74) is 2.30. The van der Waals surface area contributed by atoms with Crippen molar-refractivity contribution in [1.29, 1.82) is 0 Å². The third-order valence-corrected chi connectivity index (χ3v) is 6.79. The molecule has 1 amide bonds. The number of hydrogen-bond donors (Lipinski definition) is 1. The van der Waals surface area contributed by atoms with Crippen molar-refractivity contribution in [3.63, 3.8) is 0 Å². The van der Waals surface area contributed by atoms with E-state index in [-0.39, 0.29) is 11.2 Å². The molecule has 2 aromatic rings. The molecule has 0 aliphatic carbocycles. The molecule has 6 nitrogen and oxygen atoms in total. The first-order chi connectivity index (χ1) is 13.1. The lowest BCUT2D eigenvalue weighted by molar-refractivity contribution is -0.132. The molecule has 0 radical (unpaired) electrons. The van der Waals surface area contributed by atoms with E-state index in [4.69, 9.17) is 0 Å². The lowest BCUT2D eigenvalue weighted by Crippen LogP contribution is -2.50. The van der Waals surface area contributed by atoms with Crippen LogP contribution in [0.2, 0.25) is 0 Å². The monoisotopic (exact) mass is 405 g/mol. The molecule has 1 aromatic carbocycles. The topological polar surface area (TPSA) is 61.4 Å². The summed E-state index contributed by atoms with van der Waals surface area (Å²) < 4.78 is 0.815. The molecule has 1 atom stereocenters. The van der Waals surface area contributed by atoms with Gasteiger partial charge in [0.1, 0.15) is 0 Å². The van der Waals surface area contributed by atoms with Crippen LogP contribution in [0.4, 0.5) is 10.8 Å². The second-order valence-corrected chi connectivity index (χ2v) is 9.13. The molecule has 1 saturated heterocycles. The SMILES string of the molecule is CCc1ccc(Nc2nnc(S[C@H](C)C(=O)N3CCN(CC)CC3)s2)cc1. The van der Waals surface area contributed by atoms with Crippen LogP contribution in [-0.4, -0.2) is 63.9 Å². The van der Waals surface area contributed by atoms with Gasteiger partial charge in [0, 0.05) is 31.9 Å². The van der Waals surface area contributed by atoms with Crippen LogP contribution in [-0.2, 0) is 11.2 Å². The number of carbonyl (C=O) groups excluding carboxylic acids is 1. The first kappa shape index (κ1) is 20.1. The van der Waals surface area contributed by atoms with E-state index in [1.54, 1.807) is 0 Å². The molecule has 0 bridgehead atoms. The van der Waals surface area contributed by atoms with Crippen molar-refractivity contribution >= 4 is 39.8 Å². The number of benzene rings is 1. The smallest absolute Gasteiger partial charge is 0.235 e. The van der Waals surface area contributed by atoms with Crippen molar-refractivity contribution in [3.8, 4) is 0 Å². The van der Waals surface area contributed by atoms with Crippen molar-refractivity contribution in [1.82, 2.24) is 20.0 Å². The molecule has 2 heterocycles. The fourth-order valence-electron chi connectivity index (χ4n) is 3.00. The summed E-state index contributed by atoms with van der Waals surface area (Å²) in [6.45, 7) is 10.9. The molecule has 1 aromatic heterocycles. The van der Waals surface area contributed by atoms with Gasteiger partial charge in [-0.05, 0) is 37.6 Å². The van der Waals surface area contributed by atoms with Gasteiger partial charge in [0.2, 0.25) is 11.0 Å². The fourth-order valence-corrected chi connectivity index (χ4v) is 5.00. The number of hydrogen-bond acceptors (Lipinski definition) is 7. The highest BCUT2D eigenvalue weighted by Crippen LogP contribution is 2.31. The second kappa shape index (κ2) is 9.52. The Labute approximate surface area is 169 Å². The van der Waals surface area contributed by atoms with Crippen molar-refractivity contribution in [2.75, 3.05) is 38.0 Å². The summed E-state index contributed by atoms with van der Waals surface area (Å²) in [6, 6.07) is 8.32. The first-order valence-electron chi connectivity index (χ1n) is 9.46. The molecule has 1 aliphatic rings. The van der Waals surface area contributed by atoms with E-state index in [0.717, 1.165) is 54.3 Å². The number of amides is 1. The Kier molecular flexibility index (Phi) is 7.09. The van der Waals surface area contributed by atoms with E-state index < -0.39 is 0 Å². The molecule has 8 heteroatoms. The molecule has 146 valence electrons. The van der Waals surface area contributed by atoms with Gasteiger partial charge in [-0.25, -0.2) is 0 Å². The number of aryl methyl sites for hydroxylation is 1. The van der Waals surface area contributed by atoms with Crippen molar-refractivity contribution < 1.29 is 4.79 Å². The Morgan fingerprint density at radius 2 is 1.89 bits per heavy atom. The number of nitrogens with one attached hydrogen (secondary N) is 1. The largest absolute Gasteiger partial charge is 0.339 e. The zero-order chi connectivity index (χ0) is 19.2. The van der Waals surface area contributed by atoms with Gasteiger partial charge in [0.05, 0.1) is 5.25 Å². The Balaban J connectivity index is 1.52. The Morgan fingerprint density at radius 3 is 2.52 bits per heavy atom. The van der Waals surface area contributed by atoms with Crippen LogP contribution in [0.5, 0.6) is 0 Å². The quantitative estimate of drug-likeness (QED) is 0.712. The summed E-state index contributed by atoms with van der Waals surface area (Å²) in [6.07, 6.45) is 1.03. The highest BCUT2D eigenvalue weighted by atomic mass is 32.2. The van der Waals surface area contributed by atoms with Gasteiger partial charge in [-0.1, -0.05) is 49.1 Å². The number of anilines is 2. The Hall–Kier alpha value is -1.64. The molecular formula is C19H27N5OS2. The lowest BCUT2D eigenvalue weighted by atomic mass is 10.1.